The first-order chi connectivity index (χ1) is 27.2. The van der Waals surface area contributed by atoms with Crippen molar-refractivity contribution in [3.63, 3.8) is 0 Å². The normalized spacial score (nSPS) is 15.6. The van der Waals surface area contributed by atoms with Crippen molar-refractivity contribution in [3.05, 3.63) is 69.8 Å². The second kappa shape index (κ2) is 16.2. The Morgan fingerprint density at radius 2 is 0.532 bits per heavy atom. The molecule has 2 aromatic rings. The molecule has 0 saturated heterocycles. The van der Waals surface area contributed by atoms with Gasteiger partial charge in [-0.05, 0) is 97.5 Å². The number of nitrogens with zero attached hydrogens (tertiary/aromatic N) is 2. The van der Waals surface area contributed by atoms with Crippen LogP contribution in [0, 0.1) is 27.7 Å². The molecular weight excluding hydrogens is 930 g/mol. The van der Waals surface area contributed by atoms with Crippen LogP contribution in [0.5, 0.6) is 0 Å². The molecule has 0 amide bonds. The van der Waals surface area contributed by atoms with Crippen molar-refractivity contribution in [1.82, 2.24) is 0 Å². The zero-order chi connectivity index (χ0) is 49.1. The first-order valence-corrected chi connectivity index (χ1v) is 15.8. The average molecular weight is 953 g/mol. The molecule has 350 valence electrons. The van der Waals surface area contributed by atoms with Gasteiger partial charge in [-0.25, -0.2) is 0 Å². The molecule has 0 radical (unpaired) electrons. The summed E-state index contributed by atoms with van der Waals surface area (Å²) in [5.74, 6) is -76.1. The lowest BCUT2D eigenvalue weighted by Crippen LogP contribution is -2.69. The number of hydrogen-bond donors (Lipinski definition) is 0. The van der Waals surface area contributed by atoms with Crippen molar-refractivity contribution in [3.8, 4) is 0 Å². The van der Waals surface area contributed by atoms with E-state index in [0.717, 1.165) is 36.7 Å². The van der Waals surface area contributed by atoms with Crippen LogP contribution in [0.1, 0.15) is 33.4 Å². The number of aryl methyl sites for hydroxylation is 4. The van der Waals surface area contributed by atoms with E-state index in [2.05, 4.69) is 9.98 Å². The van der Waals surface area contributed by atoms with Crippen LogP contribution in [0.4, 0.5) is 126 Å². The Kier molecular flexibility index (Phi) is 14.0. The standard InChI is InChI=1S/C34H22F26N2/c1-15-11-19(5-7-23(35,36)25(39,40)27(43,44)29(47,48)31(51,52)33(55,56)57)12-16(2)21(15)61-9-10-62-22-17(3)13-20(14-18(22)4)6-8-24(37,38)26(41,42)28(45,46)30(49,50)32(53,54)34(58,59)60/h5-14H,1-4H3/b7-5+,8-6+,61-9+,62-10+. The molecule has 0 heterocycles. The quantitative estimate of drug-likeness (QED) is 0.126. The fourth-order valence-corrected chi connectivity index (χ4v) is 4.97. The van der Waals surface area contributed by atoms with Gasteiger partial charge >= 0.3 is 71.6 Å². The Balaban J connectivity index is 2.37. The van der Waals surface area contributed by atoms with Gasteiger partial charge in [0.15, 0.2) is 0 Å². The average Bonchev–Trinajstić information content (AvgIpc) is 3.08. The third-order valence-corrected chi connectivity index (χ3v) is 8.39. The number of halogens is 26. The molecule has 0 atom stereocenters. The van der Waals surface area contributed by atoms with Gasteiger partial charge < -0.3 is 0 Å². The Labute approximate surface area is 329 Å². The summed E-state index contributed by atoms with van der Waals surface area (Å²) in [6.07, 6.45) is -15.9. The Hall–Kier alpha value is -4.56. The molecule has 0 fully saturated rings. The van der Waals surface area contributed by atoms with E-state index in [1.165, 1.54) is 27.7 Å². The molecule has 0 bridgehead atoms. The van der Waals surface area contributed by atoms with Gasteiger partial charge in [-0.3, -0.25) is 9.98 Å². The molecule has 0 N–H and O–H groups in total. The van der Waals surface area contributed by atoms with Gasteiger partial charge in [0.25, 0.3) is 0 Å². The van der Waals surface area contributed by atoms with Crippen molar-refractivity contribution in [2.24, 2.45) is 9.98 Å². The van der Waals surface area contributed by atoms with Crippen molar-refractivity contribution < 1.29 is 114 Å². The van der Waals surface area contributed by atoms with E-state index in [1.54, 1.807) is 0 Å². The molecule has 28 heteroatoms. The number of rotatable bonds is 15. The largest absolute Gasteiger partial charge is 0.460 e. The highest BCUT2D eigenvalue weighted by atomic mass is 19.4. The molecule has 0 aliphatic heterocycles. The van der Waals surface area contributed by atoms with Gasteiger partial charge in [-0.1, -0.05) is 12.2 Å². The summed E-state index contributed by atoms with van der Waals surface area (Å²) < 4.78 is 348. The highest BCUT2D eigenvalue weighted by Crippen LogP contribution is 2.62. The molecule has 0 spiro atoms. The highest BCUT2D eigenvalue weighted by Gasteiger charge is 2.91. The van der Waals surface area contributed by atoms with Crippen LogP contribution < -0.4 is 0 Å². The van der Waals surface area contributed by atoms with Gasteiger partial charge in [0.1, 0.15) is 0 Å². The minimum absolute atomic E-state index is 0.0486. The van der Waals surface area contributed by atoms with E-state index in [9.17, 15) is 114 Å². The molecule has 2 nitrogen and oxygen atoms in total. The second-order valence-corrected chi connectivity index (χ2v) is 13.1. The zero-order valence-electron chi connectivity index (χ0n) is 30.5. The van der Waals surface area contributed by atoms with Gasteiger partial charge in [-0.15, -0.1) is 0 Å². The van der Waals surface area contributed by atoms with E-state index in [4.69, 9.17) is 0 Å². The van der Waals surface area contributed by atoms with Crippen molar-refractivity contribution in [1.29, 1.82) is 0 Å². The number of allylic oxidation sites excluding steroid dienone is 2. The second-order valence-electron chi connectivity index (χ2n) is 13.1. The third kappa shape index (κ3) is 8.83. The predicted octanol–water partition coefficient (Wildman–Crippen LogP) is 14.5. The molecule has 0 aromatic heterocycles. The third-order valence-electron chi connectivity index (χ3n) is 8.39. The van der Waals surface area contributed by atoms with Crippen LogP contribution in [0.15, 0.2) is 46.4 Å². The summed E-state index contributed by atoms with van der Waals surface area (Å²) in [4.78, 5) is 7.86. The lowest BCUT2D eigenvalue weighted by molar-refractivity contribution is -0.436. The first kappa shape index (κ1) is 53.6. The molecule has 0 aliphatic carbocycles. The van der Waals surface area contributed by atoms with Crippen LogP contribution in [0.3, 0.4) is 0 Å². The van der Waals surface area contributed by atoms with E-state index in [1.807, 2.05) is 0 Å². The summed E-state index contributed by atoms with van der Waals surface area (Å²) in [7, 11) is 0. The maximum atomic E-state index is 14.2. The molecule has 2 rings (SSSR count). The molecule has 62 heavy (non-hydrogen) atoms. The topological polar surface area (TPSA) is 24.7 Å². The highest BCUT2D eigenvalue weighted by molar-refractivity contribution is 6.17. The minimum Gasteiger partial charge on any atom is -0.255 e. The van der Waals surface area contributed by atoms with E-state index >= 15 is 0 Å². The van der Waals surface area contributed by atoms with Gasteiger partial charge in [0.2, 0.25) is 0 Å². The fourth-order valence-electron chi connectivity index (χ4n) is 4.97. The molecule has 0 aliphatic rings. The van der Waals surface area contributed by atoms with Crippen LogP contribution in [-0.4, -0.2) is 84.0 Å². The SMILES string of the molecule is Cc1cc(/C=C/C(F)(F)C(F)(F)C(F)(F)C(F)(F)C(F)(F)C(F)(F)F)cc(C)c1/N=C/C=N/c1c(C)cc(/C=C/C(F)(F)C(F)(F)C(F)(F)C(F)(F)C(F)(F)C(F)(F)F)cc1C. The summed E-state index contributed by atoms with van der Waals surface area (Å²) >= 11 is 0. The monoisotopic (exact) mass is 952 g/mol. The van der Waals surface area contributed by atoms with Gasteiger partial charge in [0, 0.05) is 12.4 Å². The van der Waals surface area contributed by atoms with Crippen LogP contribution in [0.2, 0.25) is 0 Å². The Morgan fingerprint density at radius 1 is 0.323 bits per heavy atom. The van der Waals surface area contributed by atoms with E-state index in [0.29, 0.717) is 0 Å². The maximum Gasteiger partial charge on any atom is 0.460 e. The lowest BCUT2D eigenvalue weighted by atomic mass is 9.93. The molecular formula is C34H22F26N2. The summed E-state index contributed by atoms with van der Waals surface area (Å²) in [5, 5.41) is 0. The lowest BCUT2D eigenvalue weighted by Gasteiger charge is -2.39. The molecule has 0 unspecified atom stereocenters. The molecule has 0 saturated carbocycles. The van der Waals surface area contributed by atoms with Crippen LogP contribution >= 0.6 is 0 Å². The minimum atomic E-state index is -8.09. The van der Waals surface area contributed by atoms with Crippen molar-refractivity contribution >= 4 is 36.0 Å². The smallest absolute Gasteiger partial charge is 0.255 e. The number of aliphatic imine (C=N–C) groups is 2. The summed E-state index contributed by atoms with van der Waals surface area (Å²) in [6, 6.07) is 3.32. The van der Waals surface area contributed by atoms with Crippen molar-refractivity contribution in [2.75, 3.05) is 0 Å². The summed E-state index contributed by atoms with van der Waals surface area (Å²) in [5.41, 5.74) is -1.50. The van der Waals surface area contributed by atoms with Gasteiger partial charge in [0.05, 0.1) is 11.4 Å². The fraction of sp³-hybridized carbons (Fsp3) is 0.471. The Bertz CT molecular complexity index is 1890. The number of benzene rings is 2. The number of hydrogen-bond acceptors (Lipinski definition) is 2. The van der Waals surface area contributed by atoms with E-state index < -0.39 is 94.9 Å². The summed E-state index contributed by atoms with van der Waals surface area (Å²) in [6.45, 7) is 4.66. The number of alkyl halides is 26. The van der Waals surface area contributed by atoms with Crippen LogP contribution in [-0.2, 0) is 0 Å². The predicted molar refractivity (Wildman–Crippen MR) is 168 cm³/mol. The molecule has 2 aromatic carbocycles. The first-order valence-electron chi connectivity index (χ1n) is 15.8. The van der Waals surface area contributed by atoms with E-state index in [-0.39, 0.29) is 45.8 Å². The van der Waals surface area contributed by atoms with Gasteiger partial charge in [-0.2, -0.15) is 114 Å². The zero-order valence-corrected chi connectivity index (χ0v) is 30.5. The Morgan fingerprint density at radius 3 is 0.742 bits per heavy atom. The maximum absolute atomic E-state index is 14.2. The van der Waals surface area contributed by atoms with Crippen molar-refractivity contribution in [2.45, 2.75) is 99.3 Å². The van der Waals surface area contributed by atoms with Crippen LogP contribution in [0.25, 0.3) is 12.2 Å².